The van der Waals surface area contributed by atoms with E-state index in [1.54, 1.807) is 0 Å². The molecule has 1 aliphatic rings. The molecule has 0 saturated heterocycles. The maximum absolute atomic E-state index is 12.3. The molecule has 4 nitrogen and oxygen atoms in total. The molecule has 0 aliphatic heterocycles. The number of aliphatic carboxylic acids is 1. The van der Waals surface area contributed by atoms with Crippen LogP contribution in [0.15, 0.2) is 0 Å². The molecule has 4 heteroatoms. The first kappa shape index (κ1) is 17.0. The first-order chi connectivity index (χ1) is 9.00. The van der Waals surface area contributed by atoms with Crippen LogP contribution in [0, 0.1) is 28.6 Å². The number of carbonyl (C=O) groups excluding carboxylic acids is 1. The topological polar surface area (TPSA) is 66.4 Å². The van der Waals surface area contributed by atoms with Crippen LogP contribution in [0.4, 0.5) is 0 Å². The van der Waals surface area contributed by atoms with Gasteiger partial charge in [0.15, 0.2) is 0 Å². The van der Waals surface area contributed by atoms with Crippen LogP contribution in [-0.2, 0) is 9.59 Å². The van der Waals surface area contributed by atoms with Crippen LogP contribution in [0.25, 0.3) is 0 Å². The Balaban J connectivity index is 2.52. The van der Waals surface area contributed by atoms with E-state index in [-0.39, 0.29) is 35.0 Å². The third kappa shape index (κ3) is 3.53. The maximum Gasteiger partial charge on any atom is 0.303 e. The van der Waals surface area contributed by atoms with Gasteiger partial charge in [0.05, 0.1) is 0 Å². The lowest BCUT2D eigenvalue weighted by Crippen LogP contribution is -2.33. The lowest BCUT2D eigenvalue weighted by Gasteiger charge is -2.18. The van der Waals surface area contributed by atoms with Gasteiger partial charge in [-0.05, 0) is 29.1 Å². The van der Waals surface area contributed by atoms with Gasteiger partial charge in [0.1, 0.15) is 0 Å². The first-order valence-corrected chi connectivity index (χ1v) is 7.49. The normalized spacial score (nSPS) is 21.6. The zero-order chi connectivity index (χ0) is 15.7. The highest BCUT2D eigenvalue weighted by molar-refractivity contribution is 5.84. The minimum absolute atomic E-state index is 0.0152. The molecule has 1 atom stereocenters. The molecule has 2 N–H and O–H groups in total. The smallest absolute Gasteiger partial charge is 0.303 e. The van der Waals surface area contributed by atoms with Gasteiger partial charge >= 0.3 is 5.97 Å². The second kappa shape index (κ2) is 5.74. The number of carboxylic acids is 1. The Bertz CT molecular complexity index is 371. The van der Waals surface area contributed by atoms with Crippen molar-refractivity contribution < 1.29 is 14.7 Å². The van der Waals surface area contributed by atoms with E-state index in [0.29, 0.717) is 12.5 Å². The molecule has 1 unspecified atom stereocenters. The number of nitrogens with one attached hydrogen (secondary N) is 1. The van der Waals surface area contributed by atoms with Crippen LogP contribution >= 0.6 is 0 Å². The van der Waals surface area contributed by atoms with Crippen molar-refractivity contribution in [1.29, 1.82) is 0 Å². The highest BCUT2D eigenvalue weighted by Gasteiger charge is 2.68. The standard InChI is InChI=1S/C16H29NO3/c1-10(2)7-11(8-12(18)19)9-17-14(20)13-15(3,4)16(13,5)6/h10-11,13H,7-9H2,1-6H3,(H,17,20)(H,18,19). The van der Waals surface area contributed by atoms with Crippen LogP contribution in [0.1, 0.15) is 54.4 Å². The van der Waals surface area contributed by atoms with E-state index < -0.39 is 5.97 Å². The van der Waals surface area contributed by atoms with Crippen molar-refractivity contribution in [3.63, 3.8) is 0 Å². The summed E-state index contributed by atoms with van der Waals surface area (Å²) in [5, 5.41) is 11.9. The quantitative estimate of drug-likeness (QED) is 0.755. The molecular formula is C16H29NO3. The largest absolute Gasteiger partial charge is 0.481 e. The van der Waals surface area contributed by atoms with E-state index in [0.717, 1.165) is 6.42 Å². The van der Waals surface area contributed by atoms with Crippen LogP contribution in [-0.4, -0.2) is 23.5 Å². The lowest BCUT2D eigenvalue weighted by molar-refractivity contribution is -0.138. The predicted octanol–water partition coefficient (Wildman–Crippen LogP) is 2.92. The molecule has 0 aromatic heterocycles. The molecule has 0 aromatic carbocycles. The molecule has 0 radical (unpaired) electrons. The highest BCUT2D eigenvalue weighted by atomic mass is 16.4. The van der Waals surface area contributed by atoms with Crippen molar-refractivity contribution in [2.45, 2.75) is 54.4 Å². The fourth-order valence-corrected chi connectivity index (χ4v) is 3.35. The van der Waals surface area contributed by atoms with Crippen molar-refractivity contribution in [1.82, 2.24) is 5.32 Å². The summed E-state index contributed by atoms with van der Waals surface area (Å²) in [5.74, 6) is -0.248. The molecule has 116 valence electrons. The Kier molecular flexibility index (Phi) is 4.88. The Morgan fingerprint density at radius 1 is 1.15 bits per heavy atom. The van der Waals surface area contributed by atoms with Crippen LogP contribution in [0.2, 0.25) is 0 Å². The van der Waals surface area contributed by atoms with Crippen molar-refractivity contribution >= 4 is 11.9 Å². The second-order valence-corrected chi connectivity index (χ2v) is 7.71. The van der Waals surface area contributed by atoms with E-state index in [2.05, 4.69) is 46.9 Å². The lowest BCUT2D eigenvalue weighted by atomic mass is 9.94. The molecule has 0 aromatic rings. The molecule has 0 bridgehead atoms. The molecule has 1 rings (SSSR count). The number of rotatable bonds is 7. The maximum atomic E-state index is 12.3. The average molecular weight is 283 g/mol. The summed E-state index contributed by atoms with van der Waals surface area (Å²) in [5.41, 5.74) is 0.0504. The van der Waals surface area contributed by atoms with Crippen molar-refractivity contribution in [2.24, 2.45) is 28.6 Å². The molecule has 20 heavy (non-hydrogen) atoms. The average Bonchev–Trinajstić information content (AvgIpc) is 2.64. The SMILES string of the molecule is CC(C)CC(CNC(=O)C1C(C)(C)C1(C)C)CC(=O)O. The van der Waals surface area contributed by atoms with E-state index in [9.17, 15) is 9.59 Å². The summed E-state index contributed by atoms with van der Waals surface area (Å²) in [6.07, 6.45) is 0.944. The van der Waals surface area contributed by atoms with E-state index in [1.165, 1.54) is 0 Å². The number of amides is 1. The van der Waals surface area contributed by atoms with Gasteiger partial charge in [-0.25, -0.2) is 0 Å². The van der Waals surface area contributed by atoms with Gasteiger partial charge in [-0.2, -0.15) is 0 Å². The summed E-state index contributed by atoms with van der Waals surface area (Å²) in [4.78, 5) is 23.1. The van der Waals surface area contributed by atoms with Gasteiger partial charge in [0.2, 0.25) is 5.91 Å². The highest BCUT2D eigenvalue weighted by Crippen LogP contribution is 2.68. The van der Waals surface area contributed by atoms with E-state index in [1.807, 2.05) is 0 Å². The zero-order valence-electron chi connectivity index (χ0n) is 13.6. The zero-order valence-corrected chi connectivity index (χ0v) is 13.6. The molecule has 1 amide bonds. The third-order valence-electron chi connectivity index (χ3n) is 5.12. The molecule has 1 fully saturated rings. The molecule has 0 spiro atoms. The summed E-state index contributed by atoms with van der Waals surface area (Å²) in [6.45, 7) is 13.1. The Morgan fingerprint density at radius 2 is 1.65 bits per heavy atom. The van der Waals surface area contributed by atoms with Crippen LogP contribution in [0.3, 0.4) is 0 Å². The van der Waals surface area contributed by atoms with Crippen molar-refractivity contribution in [3.05, 3.63) is 0 Å². The minimum atomic E-state index is -0.794. The van der Waals surface area contributed by atoms with Gasteiger partial charge in [0.25, 0.3) is 0 Å². The minimum Gasteiger partial charge on any atom is -0.481 e. The summed E-state index contributed by atoms with van der Waals surface area (Å²) < 4.78 is 0. The Hall–Kier alpha value is -1.06. The predicted molar refractivity (Wildman–Crippen MR) is 79.3 cm³/mol. The number of hydrogen-bond donors (Lipinski definition) is 2. The molecule has 0 heterocycles. The van der Waals surface area contributed by atoms with Gasteiger partial charge in [-0.3, -0.25) is 9.59 Å². The molecule has 1 aliphatic carbocycles. The molecular weight excluding hydrogens is 254 g/mol. The van der Waals surface area contributed by atoms with Gasteiger partial charge in [-0.15, -0.1) is 0 Å². The molecule has 1 saturated carbocycles. The number of carboxylic acid groups (broad SMARTS) is 1. The Labute approximate surface area is 122 Å². The summed E-state index contributed by atoms with van der Waals surface area (Å²) >= 11 is 0. The van der Waals surface area contributed by atoms with Crippen molar-refractivity contribution in [3.8, 4) is 0 Å². The Morgan fingerprint density at radius 3 is 2.00 bits per heavy atom. The third-order valence-corrected chi connectivity index (χ3v) is 5.12. The second-order valence-electron chi connectivity index (χ2n) is 7.71. The van der Waals surface area contributed by atoms with E-state index in [4.69, 9.17) is 5.11 Å². The summed E-state index contributed by atoms with van der Waals surface area (Å²) in [7, 11) is 0. The van der Waals surface area contributed by atoms with Crippen LogP contribution < -0.4 is 5.32 Å². The van der Waals surface area contributed by atoms with Gasteiger partial charge in [0, 0.05) is 18.9 Å². The summed E-state index contributed by atoms with van der Waals surface area (Å²) in [6, 6.07) is 0. The fourth-order valence-electron chi connectivity index (χ4n) is 3.35. The van der Waals surface area contributed by atoms with Crippen molar-refractivity contribution in [2.75, 3.05) is 6.54 Å². The first-order valence-electron chi connectivity index (χ1n) is 7.49. The van der Waals surface area contributed by atoms with Crippen LogP contribution in [0.5, 0.6) is 0 Å². The monoisotopic (exact) mass is 283 g/mol. The van der Waals surface area contributed by atoms with Gasteiger partial charge in [-0.1, -0.05) is 41.5 Å². The van der Waals surface area contributed by atoms with Gasteiger partial charge < -0.3 is 10.4 Å². The number of hydrogen-bond acceptors (Lipinski definition) is 2. The number of carbonyl (C=O) groups is 2. The fraction of sp³-hybridized carbons (Fsp3) is 0.875. The van der Waals surface area contributed by atoms with E-state index >= 15 is 0 Å².